The van der Waals surface area contributed by atoms with Crippen LogP contribution in [0.1, 0.15) is 36.1 Å². The molecule has 21 heavy (non-hydrogen) atoms. The summed E-state index contributed by atoms with van der Waals surface area (Å²) in [6.07, 6.45) is 1.21. The van der Waals surface area contributed by atoms with E-state index in [-0.39, 0.29) is 6.04 Å². The molecule has 5 heteroatoms. The lowest BCUT2D eigenvalue weighted by molar-refractivity contribution is 0.285. The van der Waals surface area contributed by atoms with E-state index in [1.54, 1.807) is 22.7 Å². The lowest BCUT2D eigenvalue weighted by Gasteiger charge is -2.22. The molecule has 1 N–H and O–H groups in total. The summed E-state index contributed by atoms with van der Waals surface area (Å²) in [4.78, 5) is 5.13. The molecule has 0 saturated heterocycles. The van der Waals surface area contributed by atoms with E-state index in [0.717, 1.165) is 24.0 Å². The molecule has 2 heterocycles. The molecule has 1 unspecified atom stereocenters. The van der Waals surface area contributed by atoms with Gasteiger partial charge >= 0.3 is 0 Å². The number of hydrogen-bond acceptors (Lipinski definition) is 4. The lowest BCUT2D eigenvalue weighted by atomic mass is 10.2. The molecule has 2 nitrogen and oxygen atoms in total. The van der Waals surface area contributed by atoms with Crippen molar-refractivity contribution in [3.8, 4) is 0 Å². The second kappa shape index (κ2) is 8.91. The van der Waals surface area contributed by atoms with E-state index in [1.165, 1.54) is 22.7 Å². The molecule has 0 amide bonds. The molecule has 0 radical (unpaired) electrons. The third-order valence-corrected chi connectivity index (χ3v) is 5.70. The lowest BCUT2D eigenvalue weighted by Crippen LogP contribution is -2.34. The molecule has 0 spiro atoms. The molecule has 0 aliphatic carbocycles. The molecule has 0 aromatic carbocycles. The molecule has 2 aromatic heterocycles. The third kappa shape index (κ3) is 5.08. The van der Waals surface area contributed by atoms with Crippen molar-refractivity contribution in [3.63, 3.8) is 0 Å². The second-order valence-corrected chi connectivity index (χ2v) is 7.70. The van der Waals surface area contributed by atoms with Crippen molar-refractivity contribution < 1.29 is 0 Å². The first-order valence-corrected chi connectivity index (χ1v) is 9.56. The quantitative estimate of drug-likeness (QED) is 0.699. The first kappa shape index (κ1) is 17.0. The Bertz CT molecular complexity index is 510. The van der Waals surface area contributed by atoms with Gasteiger partial charge in [-0.1, -0.05) is 31.5 Å². The topological polar surface area (TPSA) is 15.3 Å². The van der Waals surface area contributed by atoms with E-state index in [2.05, 4.69) is 47.6 Å². The predicted octanol–water partition coefficient (Wildman–Crippen LogP) is 4.87. The fourth-order valence-corrected chi connectivity index (χ4v) is 4.44. The Balaban J connectivity index is 1.97. The van der Waals surface area contributed by atoms with Crippen LogP contribution >= 0.6 is 34.3 Å². The fraction of sp³-hybridized carbons (Fsp3) is 0.500. The van der Waals surface area contributed by atoms with Crippen LogP contribution in [0.2, 0.25) is 4.34 Å². The van der Waals surface area contributed by atoms with Crippen molar-refractivity contribution in [2.45, 2.75) is 26.3 Å². The van der Waals surface area contributed by atoms with Gasteiger partial charge in [0.05, 0.1) is 10.4 Å². The van der Waals surface area contributed by atoms with Gasteiger partial charge in [0.2, 0.25) is 0 Å². The van der Waals surface area contributed by atoms with Gasteiger partial charge in [0.1, 0.15) is 0 Å². The molecule has 116 valence electrons. The van der Waals surface area contributed by atoms with Gasteiger partial charge in [0, 0.05) is 22.8 Å². The minimum absolute atomic E-state index is 0.267. The third-order valence-electron chi connectivity index (χ3n) is 3.47. The number of rotatable bonds is 9. The zero-order chi connectivity index (χ0) is 15.1. The van der Waals surface area contributed by atoms with E-state index in [0.29, 0.717) is 0 Å². The summed E-state index contributed by atoms with van der Waals surface area (Å²) in [5.74, 6) is 0. The van der Waals surface area contributed by atoms with Crippen LogP contribution in [-0.4, -0.2) is 31.1 Å². The van der Waals surface area contributed by atoms with Gasteiger partial charge in [-0.2, -0.15) is 0 Å². The minimum atomic E-state index is 0.267. The maximum absolute atomic E-state index is 6.10. The zero-order valence-electron chi connectivity index (χ0n) is 12.6. The standard InChI is InChI=1S/C16H23ClN2S2/c1-3-10-19(4-2)11-9-18-16(13-6-5-12-20-13)14-7-8-15(17)21-14/h5-8,12,16,18H,3-4,9-11H2,1-2H3. The summed E-state index contributed by atoms with van der Waals surface area (Å²) in [5, 5.41) is 5.83. The summed E-state index contributed by atoms with van der Waals surface area (Å²) in [5.41, 5.74) is 0. The highest BCUT2D eigenvalue weighted by Crippen LogP contribution is 2.32. The van der Waals surface area contributed by atoms with E-state index in [1.807, 2.05) is 6.07 Å². The molecule has 0 bridgehead atoms. The normalized spacial score (nSPS) is 13.0. The van der Waals surface area contributed by atoms with Crippen molar-refractivity contribution in [2.24, 2.45) is 0 Å². The van der Waals surface area contributed by atoms with Crippen molar-refractivity contribution in [1.82, 2.24) is 10.2 Å². The Morgan fingerprint density at radius 3 is 2.62 bits per heavy atom. The van der Waals surface area contributed by atoms with Gasteiger partial charge < -0.3 is 10.2 Å². The van der Waals surface area contributed by atoms with Crippen LogP contribution in [0.15, 0.2) is 29.6 Å². The highest BCUT2D eigenvalue weighted by Gasteiger charge is 2.16. The van der Waals surface area contributed by atoms with E-state index in [4.69, 9.17) is 11.6 Å². The zero-order valence-corrected chi connectivity index (χ0v) is 15.0. The highest BCUT2D eigenvalue weighted by atomic mass is 35.5. The minimum Gasteiger partial charge on any atom is -0.304 e. The second-order valence-electron chi connectivity index (χ2n) is 4.98. The van der Waals surface area contributed by atoms with Gasteiger partial charge in [-0.15, -0.1) is 22.7 Å². The molecule has 2 aromatic rings. The van der Waals surface area contributed by atoms with Crippen LogP contribution in [0.4, 0.5) is 0 Å². The fourth-order valence-electron chi connectivity index (χ4n) is 2.39. The average molecular weight is 343 g/mol. The number of hydrogen-bond donors (Lipinski definition) is 1. The Hall–Kier alpha value is -0.390. The Morgan fingerprint density at radius 1 is 1.19 bits per heavy atom. The monoisotopic (exact) mass is 342 g/mol. The van der Waals surface area contributed by atoms with Crippen molar-refractivity contribution in [3.05, 3.63) is 43.7 Å². The van der Waals surface area contributed by atoms with Crippen LogP contribution < -0.4 is 5.32 Å². The predicted molar refractivity (Wildman–Crippen MR) is 95.9 cm³/mol. The summed E-state index contributed by atoms with van der Waals surface area (Å²) >= 11 is 9.56. The Labute approximate surface area is 140 Å². The van der Waals surface area contributed by atoms with Crippen LogP contribution in [0.3, 0.4) is 0 Å². The maximum Gasteiger partial charge on any atom is 0.0931 e. The van der Waals surface area contributed by atoms with Gasteiger partial charge in [-0.3, -0.25) is 0 Å². The van der Waals surface area contributed by atoms with Crippen molar-refractivity contribution in [2.75, 3.05) is 26.2 Å². The smallest absolute Gasteiger partial charge is 0.0931 e. The van der Waals surface area contributed by atoms with E-state index < -0.39 is 0 Å². The number of nitrogens with one attached hydrogen (secondary N) is 1. The SMILES string of the molecule is CCCN(CC)CCNC(c1cccs1)c1ccc(Cl)s1. The first-order valence-electron chi connectivity index (χ1n) is 7.49. The van der Waals surface area contributed by atoms with E-state index in [9.17, 15) is 0 Å². The molecule has 0 aliphatic rings. The number of thiophene rings is 2. The molecule has 1 atom stereocenters. The van der Waals surface area contributed by atoms with Gasteiger partial charge in [-0.25, -0.2) is 0 Å². The largest absolute Gasteiger partial charge is 0.304 e. The van der Waals surface area contributed by atoms with Crippen LogP contribution in [-0.2, 0) is 0 Å². The first-order chi connectivity index (χ1) is 10.2. The average Bonchev–Trinajstić information content (AvgIpc) is 3.14. The molecule has 0 saturated carbocycles. The van der Waals surface area contributed by atoms with Crippen LogP contribution in [0, 0.1) is 0 Å². The summed E-state index contributed by atoms with van der Waals surface area (Å²) in [6.45, 7) is 8.83. The molecular weight excluding hydrogens is 320 g/mol. The number of nitrogens with zero attached hydrogens (tertiary/aromatic N) is 1. The van der Waals surface area contributed by atoms with E-state index >= 15 is 0 Å². The summed E-state index contributed by atoms with van der Waals surface area (Å²) in [7, 11) is 0. The molecule has 0 fully saturated rings. The number of halogens is 1. The van der Waals surface area contributed by atoms with Crippen molar-refractivity contribution in [1.29, 1.82) is 0 Å². The van der Waals surface area contributed by atoms with Crippen LogP contribution in [0.5, 0.6) is 0 Å². The summed E-state index contributed by atoms with van der Waals surface area (Å²) < 4.78 is 0.856. The maximum atomic E-state index is 6.10. The molecule has 0 aliphatic heterocycles. The Kier molecular flexibility index (Phi) is 7.20. The van der Waals surface area contributed by atoms with Gasteiger partial charge in [0.25, 0.3) is 0 Å². The summed E-state index contributed by atoms with van der Waals surface area (Å²) in [6, 6.07) is 8.69. The molecule has 2 rings (SSSR count). The van der Waals surface area contributed by atoms with Crippen LogP contribution in [0.25, 0.3) is 0 Å². The highest BCUT2D eigenvalue weighted by molar-refractivity contribution is 7.16. The number of likely N-dealkylation sites (N-methyl/N-ethyl adjacent to an activating group) is 1. The van der Waals surface area contributed by atoms with Gasteiger partial charge in [0.15, 0.2) is 0 Å². The van der Waals surface area contributed by atoms with Gasteiger partial charge in [-0.05, 0) is 43.1 Å². The Morgan fingerprint density at radius 2 is 2.05 bits per heavy atom. The van der Waals surface area contributed by atoms with Crippen molar-refractivity contribution >= 4 is 34.3 Å². The molecular formula is C16H23ClN2S2.